The lowest BCUT2D eigenvalue weighted by Gasteiger charge is -2.28. The molecule has 1 aliphatic rings. The summed E-state index contributed by atoms with van der Waals surface area (Å²) in [6.45, 7) is 2.46. The smallest absolute Gasteiger partial charge is 0.307 e. The van der Waals surface area contributed by atoms with E-state index >= 15 is 0 Å². The molecule has 0 saturated carbocycles. The third-order valence-corrected chi connectivity index (χ3v) is 3.80. The van der Waals surface area contributed by atoms with Crippen LogP contribution >= 0.6 is 11.8 Å². The maximum atomic E-state index is 11.9. The summed E-state index contributed by atoms with van der Waals surface area (Å²) in [6, 6.07) is 5.43. The van der Waals surface area contributed by atoms with Crippen molar-refractivity contribution in [2.24, 2.45) is 0 Å². The van der Waals surface area contributed by atoms with Gasteiger partial charge in [0.1, 0.15) is 0 Å². The average Bonchev–Trinajstić information content (AvgIpc) is 2.38. The molecule has 2 rings (SSSR count). The number of nitrogen functional groups attached to an aromatic ring is 1. The predicted octanol–water partition coefficient (Wildman–Crippen LogP) is 1.66. The summed E-state index contributed by atoms with van der Waals surface area (Å²) in [5.74, 6) is 0.0938. The number of rotatable bonds is 4. The molecule has 0 bridgehead atoms. The van der Waals surface area contributed by atoms with E-state index in [0.29, 0.717) is 24.6 Å². The Morgan fingerprint density at radius 2 is 2.32 bits per heavy atom. The van der Waals surface area contributed by atoms with Crippen LogP contribution < -0.4 is 10.6 Å². The van der Waals surface area contributed by atoms with E-state index in [4.69, 9.17) is 10.5 Å². The Labute approximate surface area is 116 Å². The van der Waals surface area contributed by atoms with Gasteiger partial charge in [0.15, 0.2) is 0 Å². The molecule has 0 spiro atoms. The fourth-order valence-electron chi connectivity index (χ4n) is 1.90. The Bertz CT molecular complexity index is 505. The molecule has 0 fully saturated rings. The first-order valence-electron chi connectivity index (χ1n) is 6.10. The van der Waals surface area contributed by atoms with Crippen LogP contribution in [0.25, 0.3) is 0 Å². The van der Waals surface area contributed by atoms with Crippen molar-refractivity contribution in [3.8, 4) is 0 Å². The number of ether oxygens (including phenoxy) is 1. The van der Waals surface area contributed by atoms with Crippen LogP contribution in [0.3, 0.4) is 0 Å². The second kappa shape index (κ2) is 5.97. The number of thioether (sulfide) groups is 1. The molecule has 5 nitrogen and oxygen atoms in total. The van der Waals surface area contributed by atoms with E-state index in [1.807, 2.05) is 12.1 Å². The molecule has 1 heterocycles. The largest absolute Gasteiger partial charge is 0.466 e. The van der Waals surface area contributed by atoms with Gasteiger partial charge in [0.2, 0.25) is 5.91 Å². The van der Waals surface area contributed by atoms with Crippen LogP contribution in [-0.2, 0) is 14.3 Å². The van der Waals surface area contributed by atoms with Crippen molar-refractivity contribution >= 4 is 35.0 Å². The zero-order valence-corrected chi connectivity index (χ0v) is 11.5. The second-order valence-corrected chi connectivity index (χ2v) is 5.13. The summed E-state index contributed by atoms with van der Waals surface area (Å²) < 4.78 is 4.87. The van der Waals surface area contributed by atoms with Crippen LogP contribution in [0.1, 0.15) is 13.3 Å². The first-order valence-corrected chi connectivity index (χ1v) is 7.08. The van der Waals surface area contributed by atoms with Crippen LogP contribution in [0.5, 0.6) is 0 Å². The van der Waals surface area contributed by atoms with Gasteiger partial charge < -0.3 is 15.4 Å². The lowest BCUT2D eigenvalue weighted by molar-refractivity contribution is -0.142. The molecule has 0 atom stereocenters. The standard InChI is InChI=1S/C13H16N2O3S/c1-2-18-13(17)5-6-15-10-4-3-9(14)7-11(10)19-8-12(15)16/h3-4,7H,2,5-6,8,14H2,1H3. The van der Waals surface area contributed by atoms with Crippen molar-refractivity contribution in [3.05, 3.63) is 18.2 Å². The number of benzene rings is 1. The highest BCUT2D eigenvalue weighted by atomic mass is 32.2. The van der Waals surface area contributed by atoms with E-state index in [1.54, 1.807) is 17.9 Å². The molecule has 2 N–H and O–H groups in total. The van der Waals surface area contributed by atoms with Gasteiger partial charge in [-0.1, -0.05) is 0 Å². The van der Waals surface area contributed by atoms with Crippen molar-refractivity contribution in [3.63, 3.8) is 0 Å². The van der Waals surface area contributed by atoms with Gasteiger partial charge in [-0.15, -0.1) is 11.8 Å². The molecular formula is C13H16N2O3S. The molecule has 19 heavy (non-hydrogen) atoms. The van der Waals surface area contributed by atoms with Crippen LogP contribution in [-0.4, -0.2) is 30.8 Å². The number of hydrogen-bond donors (Lipinski definition) is 1. The minimum atomic E-state index is -0.287. The first kappa shape index (κ1) is 13.7. The highest BCUT2D eigenvalue weighted by molar-refractivity contribution is 8.00. The second-order valence-electron chi connectivity index (χ2n) is 4.12. The number of nitrogens with two attached hydrogens (primary N) is 1. The predicted molar refractivity (Wildman–Crippen MR) is 75.2 cm³/mol. The maximum absolute atomic E-state index is 11.9. The number of fused-ring (bicyclic) bond motifs is 1. The number of carbonyl (C=O) groups is 2. The molecule has 1 amide bonds. The Kier molecular flexibility index (Phi) is 4.31. The summed E-state index contributed by atoms with van der Waals surface area (Å²) in [4.78, 5) is 25.9. The van der Waals surface area contributed by atoms with Crippen LogP contribution in [0.15, 0.2) is 23.1 Å². The zero-order valence-electron chi connectivity index (χ0n) is 10.7. The summed E-state index contributed by atoms with van der Waals surface area (Å²) in [5.41, 5.74) is 7.22. The highest BCUT2D eigenvalue weighted by Gasteiger charge is 2.25. The van der Waals surface area contributed by atoms with Crippen molar-refractivity contribution in [1.29, 1.82) is 0 Å². The van der Waals surface area contributed by atoms with Crippen molar-refractivity contribution in [1.82, 2.24) is 0 Å². The van der Waals surface area contributed by atoms with Gasteiger partial charge in [0, 0.05) is 17.1 Å². The van der Waals surface area contributed by atoms with E-state index in [2.05, 4.69) is 0 Å². The van der Waals surface area contributed by atoms with E-state index < -0.39 is 0 Å². The normalized spacial score (nSPS) is 14.2. The molecule has 0 radical (unpaired) electrons. The SMILES string of the molecule is CCOC(=O)CCN1C(=O)CSc2cc(N)ccc21. The van der Waals surface area contributed by atoms with Gasteiger partial charge in [0.25, 0.3) is 0 Å². The number of anilines is 2. The van der Waals surface area contributed by atoms with Crippen LogP contribution in [0, 0.1) is 0 Å². The minimum Gasteiger partial charge on any atom is -0.466 e. The average molecular weight is 280 g/mol. The number of carbonyl (C=O) groups excluding carboxylic acids is 2. The number of esters is 1. The monoisotopic (exact) mass is 280 g/mol. The Morgan fingerprint density at radius 3 is 3.05 bits per heavy atom. The molecule has 6 heteroatoms. The topological polar surface area (TPSA) is 72.6 Å². The minimum absolute atomic E-state index is 0.00608. The fraction of sp³-hybridized carbons (Fsp3) is 0.385. The summed E-state index contributed by atoms with van der Waals surface area (Å²) in [6.07, 6.45) is 0.202. The number of hydrogen-bond acceptors (Lipinski definition) is 5. The van der Waals surface area contributed by atoms with Gasteiger partial charge in [-0.25, -0.2) is 0 Å². The molecule has 1 aromatic rings. The molecule has 0 unspecified atom stereocenters. The van der Waals surface area contributed by atoms with Crippen molar-refractivity contribution in [2.45, 2.75) is 18.2 Å². The Morgan fingerprint density at radius 1 is 1.53 bits per heavy atom. The Balaban J connectivity index is 2.12. The third-order valence-electron chi connectivity index (χ3n) is 2.77. The highest BCUT2D eigenvalue weighted by Crippen LogP contribution is 2.36. The lowest BCUT2D eigenvalue weighted by atomic mass is 10.2. The van der Waals surface area contributed by atoms with Gasteiger partial charge in [-0.3, -0.25) is 9.59 Å². The first-order chi connectivity index (χ1) is 9.11. The van der Waals surface area contributed by atoms with Crippen molar-refractivity contribution < 1.29 is 14.3 Å². The van der Waals surface area contributed by atoms with E-state index in [0.717, 1.165) is 10.6 Å². The van der Waals surface area contributed by atoms with E-state index in [1.165, 1.54) is 11.8 Å². The van der Waals surface area contributed by atoms with Crippen molar-refractivity contribution in [2.75, 3.05) is 29.5 Å². The Hall–Kier alpha value is -1.69. The van der Waals surface area contributed by atoms with Crippen LogP contribution in [0.2, 0.25) is 0 Å². The summed E-state index contributed by atoms with van der Waals surface area (Å²) >= 11 is 1.47. The van der Waals surface area contributed by atoms with E-state index in [9.17, 15) is 9.59 Å². The fourth-order valence-corrected chi connectivity index (χ4v) is 2.88. The van der Waals surface area contributed by atoms with Gasteiger partial charge in [0.05, 0.1) is 24.5 Å². The third kappa shape index (κ3) is 3.20. The van der Waals surface area contributed by atoms with Crippen LogP contribution in [0.4, 0.5) is 11.4 Å². The quantitative estimate of drug-likeness (QED) is 0.671. The molecule has 1 aliphatic heterocycles. The zero-order chi connectivity index (χ0) is 13.8. The molecular weight excluding hydrogens is 264 g/mol. The summed E-state index contributed by atoms with van der Waals surface area (Å²) in [7, 11) is 0. The molecule has 0 aliphatic carbocycles. The molecule has 102 valence electrons. The van der Waals surface area contributed by atoms with Gasteiger partial charge >= 0.3 is 5.97 Å². The van der Waals surface area contributed by atoms with Gasteiger partial charge in [-0.05, 0) is 25.1 Å². The number of nitrogens with zero attached hydrogens (tertiary/aromatic N) is 1. The molecule has 0 aromatic heterocycles. The van der Waals surface area contributed by atoms with Gasteiger partial charge in [-0.2, -0.15) is 0 Å². The maximum Gasteiger partial charge on any atom is 0.307 e. The van der Waals surface area contributed by atoms with E-state index in [-0.39, 0.29) is 18.3 Å². The molecule has 1 aromatic carbocycles. The summed E-state index contributed by atoms with van der Waals surface area (Å²) in [5, 5.41) is 0. The lowest BCUT2D eigenvalue weighted by Crippen LogP contribution is -2.37. The number of amides is 1. The molecule has 0 saturated heterocycles.